The van der Waals surface area contributed by atoms with E-state index >= 15 is 0 Å². The molecule has 0 aromatic heterocycles. The first-order valence-electron chi connectivity index (χ1n) is 9.24. The van der Waals surface area contributed by atoms with Gasteiger partial charge in [-0.15, -0.1) is 0 Å². The Kier molecular flexibility index (Phi) is 6.29. The summed E-state index contributed by atoms with van der Waals surface area (Å²) in [5.41, 5.74) is 0.0882. The second kappa shape index (κ2) is 8.48. The quantitative estimate of drug-likeness (QED) is 0.747. The molecule has 2 fully saturated rings. The van der Waals surface area contributed by atoms with Crippen LogP contribution in [0.4, 0.5) is 4.39 Å². The minimum Gasteiger partial charge on any atom is -0.341 e. The number of carbonyl (C=O) groups excluding carboxylic acids is 2. The van der Waals surface area contributed by atoms with Crippen molar-refractivity contribution in [3.8, 4) is 0 Å². The van der Waals surface area contributed by atoms with Gasteiger partial charge in [-0.3, -0.25) is 14.5 Å². The van der Waals surface area contributed by atoms with Crippen molar-refractivity contribution in [3.63, 3.8) is 0 Å². The number of rotatable bonds is 3. The van der Waals surface area contributed by atoms with Crippen LogP contribution in [0.2, 0.25) is 0 Å². The van der Waals surface area contributed by atoms with Gasteiger partial charge in [-0.25, -0.2) is 4.39 Å². The summed E-state index contributed by atoms with van der Waals surface area (Å²) in [6.07, 6.45) is 3.36. The Morgan fingerprint density at radius 2 is 1.65 bits per heavy atom. The number of piperazine rings is 1. The fraction of sp³-hybridized carbons (Fsp3) is 0.579. The van der Waals surface area contributed by atoms with Crippen LogP contribution in [0, 0.1) is 5.82 Å². The highest BCUT2D eigenvalue weighted by Gasteiger charge is 2.31. The van der Waals surface area contributed by atoms with E-state index in [-0.39, 0.29) is 23.4 Å². The minimum absolute atomic E-state index is 0.0882. The fourth-order valence-electron chi connectivity index (χ4n) is 3.68. The molecule has 5 nitrogen and oxygen atoms in total. The third kappa shape index (κ3) is 4.26. The van der Waals surface area contributed by atoms with Gasteiger partial charge in [-0.1, -0.05) is 15.9 Å². The van der Waals surface area contributed by atoms with Crippen molar-refractivity contribution < 1.29 is 14.0 Å². The van der Waals surface area contributed by atoms with Gasteiger partial charge in [0.2, 0.25) is 5.91 Å². The lowest BCUT2D eigenvalue weighted by atomic mass is 10.1. The number of carbonyl (C=O) groups is 2. The molecule has 2 heterocycles. The van der Waals surface area contributed by atoms with Crippen LogP contribution >= 0.6 is 15.9 Å². The van der Waals surface area contributed by atoms with Gasteiger partial charge in [0.15, 0.2) is 0 Å². The van der Waals surface area contributed by atoms with Gasteiger partial charge in [-0.2, -0.15) is 0 Å². The SMILES string of the molecule is CC(C(=O)N1CCCCC1)N1CCN(C(=O)c2cc(Br)ccc2F)CC1. The van der Waals surface area contributed by atoms with E-state index < -0.39 is 5.82 Å². The third-order valence-electron chi connectivity index (χ3n) is 5.33. The molecule has 0 spiro atoms. The number of piperidine rings is 1. The van der Waals surface area contributed by atoms with Gasteiger partial charge in [0.25, 0.3) is 5.91 Å². The van der Waals surface area contributed by atoms with Crippen LogP contribution in [0.25, 0.3) is 0 Å². The van der Waals surface area contributed by atoms with Gasteiger partial charge in [0, 0.05) is 43.7 Å². The van der Waals surface area contributed by atoms with Gasteiger partial charge >= 0.3 is 0 Å². The molecule has 2 aliphatic heterocycles. The lowest BCUT2D eigenvalue weighted by Crippen LogP contribution is -2.56. The summed E-state index contributed by atoms with van der Waals surface area (Å²) in [7, 11) is 0. The Morgan fingerprint density at radius 3 is 2.31 bits per heavy atom. The van der Waals surface area contributed by atoms with E-state index in [1.54, 1.807) is 11.0 Å². The summed E-state index contributed by atoms with van der Waals surface area (Å²) >= 11 is 3.28. The maximum absolute atomic E-state index is 14.0. The van der Waals surface area contributed by atoms with Crippen molar-refractivity contribution in [2.75, 3.05) is 39.3 Å². The highest BCUT2D eigenvalue weighted by Crippen LogP contribution is 2.19. The average molecular weight is 426 g/mol. The van der Waals surface area contributed by atoms with Crippen LogP contribution in [-0.4, -0.2) is 71.8 Å². The van der Waals surface area contributed by atoms with E-state index in [0.29, 0.717) is 30.7 Å². The number of hydrogen-bond donors (Lipinski definition) is 0. The molecule has 2 amide bonds. The van der Waals surface area contributed by atoms with Crippen molar-refractivity contribution in [2.45, 2.75) is 32.2 Å². The lowest BCUT2D eigenvalue weighted by Gasteiger charge is -2.39. The molecule has 0 bridgehead atoms. The maximum atomic E-state index is 14.0. The number of amides is 2. The van der Waals surface area contributed by atoms with Gasteiger partial charge in [-0.05, 0) is 44.4 Å². The summed E-state index contributed by atoms with van der Waals surface area (Å²) in [6.45, 7) is 5.91. The van der Waals surface area contributed by atoms with Crippen molar-refractivity contribution >= 4 is 27.7 Å². The van der Waals surface area contributed by atoms with Crippen molar-refractivity contribution in [2.24, 2.45) is 0 Å². The molecule has 142 valence electrons. The predicted octanol–water partition coefficient (Wildman–Crippen LogP) is 2.75. The Balaban J connectivity index is 1.57. The van der Waals surface area contributed by atoms with E-state index in [2.05, 4.69) is 20.8 Å². The third-order valence-corrected chi connectivity index (χ3v) is 5.83. The van der Waals surface area contributed by atoms with E-state index in [4.69, 9.17) is 0 Å². The maximum Gasteiger partial charge on any atom is 0.256 e. The highest BCUT2D eigenvalue weighted by molar-refractivity contribution is 9.10. The second-order valence-electron chi connectivity index (χ2n) is 7.01. The normalized spacial score (nSPS) is 20.1. The molecule has 26 heavy (non-hydrogen) atoms. The molecule has 1 aromatic rings. The van der Waals surface area contributed by atoms with Crippen LogP contribution in [-0.2, 0) is 4.79 Å². The smallest absolute Gasteiger partial charge is 0.256 e. The molecule has 7 heteroatoms. The van der Waals surface area contributed by atoms with Gasteiger partial charge in [0.05, 0.1) is 11.6 Å². The minimum atomic E-state index is -0.505. The summed E-state index contributed by atoms with van der Waals surface area (Å²) in [5, 5.41) is 0. The monoisotopic (exact) mass is 425 g/mol. The average Bonchev–Trinajstić information content (AvgIpc) is 2.69. The van der Waals surface area contributed by atoms with E-state index in [1.807, 2.05) is 11.8 Å². The first kappa shape index (κ1) is 19.3. The second-order valence-corrected chi connectivity index (χ2v) is 7.93. The first-order chi connectivity index (χ1) is 12.5. The van der Waals surface area contributed by atoms with E-state index in [1.165, 1.54) is 18.6 Å². The van der Waals surface area contributed by atoms with Gasteiger partial charge in [0.1, 0.15) is 5.82 Å². The van der Waals surface area contributed by atoms with Crippen molar-refractivity contribution in [3.05, 3.63) is 34.1 Å². The summed E-state index contributed by atoms with van der Waals surface area (Å²) in [6, 6.07) is 4.23. The molecule has 1 aromatic carbocycles. The van der Waals surface area contributed by atoms with E-state index in [0.717, 1.165) is 25.9 Å². The molecule has 1 unspecified atom stereocenters. The van der Waals surface area contributed by atoms with Crippen LogP contribution in [0.1, 0.15) is 36.5 Å². The lowest BCUT2D eigenvalue weighted by molar-refractivity contribution is -0.137. The zero-order valence-corrected chi connectivity index (χ0v) is 16.7. The highest BCUT2D eigenvalue weighted by atomic mass is 79.9. The number of benzene rings is 1. The van der Waals surface area contributed by atoms with Crippen molar-refractivity contribution in [1.29, 1.82) is 0 Å². The number of likely N-dealkylation sites (tertiary alicyclic amines) is 1. The largest absolute Gasteiger partial charge is 0.341 e. The molecule has 0 radical (unpaired) electrons. The van der Waals surface area contributed by atoms with Crippen LogP contribution < -0.4 is 0 Å². The molecule has 2 saturated heterocycles. The molecule has 2 aliphatic rings. The predicted molar refractivity (Wildman–Crippen MR) is 101 cm³/mol. The van der Waals surface area contributed by atoms with Crippen LogP contribution in [0.15, 0.2) is 22.7 Å². The topological polar surface area (TPSA) is 43.9 Å². The van der Waals surface area contributed by atoms with Gasteiger partial charge < -0.3 is 9.80 Å². The molecular formula is C19H25BrFN3O2. The number of hydrogen-bond acceptors (Lipinski definition) is 3. The first-order valence-corrected chi connectivity index (χ1v) is 10.0. The molecule has 0 saturated carbocycles. The Bertz CT molecular complexity index is 671. The zero-order valence-electron chi connectivity index (χ0n) is 15.1. The molecule has 0 N–H and O–H groups in total. The zero-order chi connectivity index (χ0) is 18.7. The molecule has 3 rings (SSSR count). The summed E-state index contributed by atoms with van der Waals surface area (Å²) in [5.74, 6) is -0.616. The Hall–Kier alpha value is -1.47. The molecular weight excluding hydrogens is 401 g/mol. The molecule has 0 aliphatic carbocycles. The van der Waals surface area contributed by atoms with E-state index in [9.17, 15) is 14.0 Å². The Labute approximate surface area is 162 Å². The van der Waals surface area contributed by atoms with Crippen molar-refractivity contribution in [1.82, 2.24) is 14.7 Å². The fourth-order valence-corrected chi connectivity index (χ4v) is 4.04. The van der Waals surface area contributed by atoms with Crippen LogP contribution in [0.3, 0.4) is 0 Å². The Morgan fingerprint density at radius 1 is 1.00 bits per heavy atom. The number of nitrogens with zero attached hydrogens (tertiary/aromatic N) is 3. The summed E-state index contributed by atoms with van der Waals surface area (Å²) < 4.78 is 14.6. The van der Waals surface area contributed by atoms with Crippen LogP contribution in [0.5, 0.6) is 0 Å². The summed E-state index contributed by atoms with van der Waals surface area (Å²) in [4.78, 5) is 31.0. The molecule has 1 atom stereocenters. The number of halogens is 2. The standard InChI is InChI=1S/C19H25BrFN3O2/c1-14(18(25)23-7-3-2-4-8-23)22-9-11-24(12-10-22)19(26)16-13-15(20)5-6-17(16)21/h5-6,13-14H,2-4,7-12H2,1H3.